The Hall–Kier alpha value is -2.10. The third-order valence-electron chi connectivity index (χ3n) is 7.71. The Morgan fingerprint density at radius 1 is 1.37 bits per heavy atom. The first-order valence-electron chi connectivity index (χ1n) is 12.5. The van der Waals surface area contributed by atoms with Crippen molar-refractivity contribution >= 4 is 32.2 Å². The lowest BCUT2D eigenvalue weighted by Gasteiger charge is -2.38. The van der Waals surface area contributed by atoms with Crippen molar-refractivity contribution in [2.24, 2.45) is 5.92 Å². The van der Waals surface area contributed by atoms with Crippen LogP contribution in [0.2, 0.25) is 0 Å². The van der Waals surface area contributed by atoms with E-state index in [1.54, 1.807) is 26.0 Å². The molecule has 1 saturated carbocycles. The van der Waals surface area contributed by atoms with Gasteiger partial charge < -0.3 is 19.9 Å². The number of rotatable bonds is 7. The molecule has 11 nitrogen and oxygen atoms in total. The molecular formula is C25H33N5O6PS+. The summed E-state index contributed by atoms with van der Waals surface area (Å²) in [5.74, 6) is -0.438. The third-order valence-corrected chi connectivity index (χ3v) is 9.01. The van der Waals surface area contributed by atoms with E-state index in [9.17, 15) is 9.83 Å². The average molecular weight is 563 g/mol. The largest absolute Gasteiger partial charge is 0.697 e. The van der Waals surface area contributed by atoms with Gasteiger partial charge in [-0.3, -0.25) is 0 Å². The number of thiol groups is 1. The average Bonchev–Trinajstić information content (AvgIpc) is 3.50. The van der Waals surface area contributed by atoms with Gasteiger partial charge in [0, 0.05) is 9.31 Å². The summed E-state index contributed by atoms with van der Waals surface area (Å²) in [6.07, 6.45) is 1.12. The Morgan fingerprint density at radius 3 is 2.84 bits per heavy atom. The second-order valence-corrected chi connectivity index (χ2v) is 12.9. The normalized spacial score (nSPS) is 36.6. The summed E-state index contributed by atoms with van der Waals surface area (Å²) in [4.78, 5) is 4.01. The molecule has 2 unspecified atom stereocenters. The summed E-state index contributed by atoms with van der Waals surface area (Å²) < 4.78 is 44.1. The fourth-order valence-electron chi connectivity index (χ4n) is 5.59. The van der Waals surface area contributed by atoms with Crippen molar-refractivity contribution in [2.75, 3.05) is 12.3 Å². The SMILES string of the molecule is C=C(C)[C@H]1CC[C@@](C)(S)C(O[P+](=O)OC[C@H]2O[C@@](C#N)(c3ccc4c(N)ncnn34)[C@@H]3OC(C)(C)O[C@@H]32)C1. The number of fused-ring (bicyclic) bond motifs is 2. The van der Waals surface area contributed by atoms with Crippen molar-refractivity contribution in [1.29, 1.82) is 5.26 Å². The highest BCUT2D eigenvalue weighted by Gasteiger charge is 2.66. The first-order chi connectivity index (χ1) is 17.9. The minimum Gasteiger partial charge on any atom is -0.382 e. The van der Waals surface area contributed by atoms with E-state index >= 15 is 0 Å². The maximum atomic E-state index is 12.9. The van der Waals surface area contributed by atoms with Crippen LogP contribution in [0.15, 0.2) is 30.6 Å². The number of allylic oxidation sites excluding steroid dienone is 1. The zero-order valence-electron chi connectivity index (χ0n) is 21.9. The highest BCUT2D eigenvalue weighted by atomic mass is 32.1. The second-order valence-electron chi connectivity index (χ2n) is 11.0. The topological polar surface area (TPSA) is 143 Å². The van der Waals surface area contributed by atoms with Crippen LogP contribution in [0.5, 0.6) is 0 Å². The van der Waals surface area contributed by atoms with Crippen molar-refractivity contribution < 1.29 is 27.8 Å². The summed E-state index contributed by atoms with van der Waals surface area (Å²) in [5, 5.41) is 14.7. The molecule has 4 heterocycles. The van der Waals surface area contributed by atoms with Crippen molar-refractivity contribution in [3.05, 3.63) is 36.3 Å². The van der Waals surface area contributed by atoms with E-state index in [4.69, 9.17) is 41.6 Å². The first kappa shape index (κ1) is 27.5. The van der Waals surface area contributed by atoms with E-state index < -0.39 is 42.7 Å². The monoisotopic (exact) mass is 562 g/mol. The number of ether oxygens (including phenoxy) is 3. The minimum atomic E-state index is -2.50. The predicted octanol–water partition coefficient (Wildman–Crippen LogP) is 4.07. The molecule has 3 fully saturated rings. The summed E-state index contributed by atoms with van der Waals surface area (Å²) in [5.41, 5.74) is 6.43. The molecule has 0 spiro atoms. The summed E-state index contributed by atoms with van der Waals surface area (Å²) in [6, 6.07) is 5.70. The number of nitrogens with zero attached hydrogens (tertiary/aromatic N) is 4. The molecule has 1 aliphatic carbocycles. The highest BCUT2D eigenvalue weighted by molar-refractivity contribution is 7.81. The molecule has 204 valence electrons. The van der Waals surface area contributed by atoms with E-state index in [0.29, 0.717) is 17.6 Å². The fraction of sp³-hybridized carbons (Fsp3) is 0.640. The summed E-state index contributed by atoms with van der Waals surface area (Å²) in [7, 11) is -2.50. The smallest absolute Gasteiger partial charge is 0.382 e. The van der Waals surface area contributed by atoms with Crippen LogP contribution in [0, 0.1) is 17.2 Å². The van der Waals surface area contributed by atoms with Crippen LogP contribution in [0.4, 0.5) is 5.82 Å². The Bertz CT molecular complexity index is 1310. The lowest BCUT2D eigenvalue weighted by molar-refractivity contribution is -0.204. The molecule has 2 aliphatic heterocycles. The van der Waals surface area contributed by atoms with Crippen LogP contribution in [-0.4, -0.2) is 56.2 Å². The molecule has 13 heteroatoms. The molecule has 2 aromatic rings. The van der Waals surface area contributed by atoms with E-state index in [1.165, 1.54) is 10.8 Å². The molecule has 5 rings (SSSR count). The summed E-state index contributed by atoms with van der Waals surface area (Å²) in [6.45, 7) is 11.4. The van der Waals surface area contributed by atoms with Crippen molar-refractivity contribution in [3.8, 4) is 6.07 Å². The first-order valence-corrected chi connectivity index (χ1v) is 14.1. The third kappa shape index (κ3) is 4.75. The second kappa shape index (κ2) is 9.82. The Balaban J connectivity index is 1.35. The maximum absolute atomic E-state index is 12.9. The summed E-state index contributed by atoms with van der Waals surface area (Å²) >= 11 is 4.77. The zero-order valence-corrected chi connectivity index (χ0v) is 23.7. The number of anilines is 1. The maximum Gasteiger partial charge on any atom is 0.697 e. The highest BCUT2D eigenvalue weighted by Crippen LogP contribution is 2.50. The van der Waals surface area contributed by atoms with Crippen LogP contribution in [-0.2, 0) is 33.4 Å². The number of aromatic nitrogens is 3. The van der Waals surface area contributed by atoms with Crippen LogP contribution in [0.25, 0.3) is 5.52 Å². The zero-order chi connectivity index (χ0) is 27.5. The van der Waals surface area contributed by atoms with Gasteiger partial charge >= 0.3 is 8.25 Å². The van der Waals surface area contributed by atoms with Gasteiger partial charge in [0.05, 0.1) is 5.69 Å². The van der Waals surface area contributed by atoms with Crippen molar-refractivity contribution in [3.63, 3.8) is 0 Å². The minimum absolute atomic E-state index is 0.139. The molecule has 0 bridgehead atoms. The van der Waals surface area contributed by atoms with E-state index in [2.05, 4.69) is 22.7 Å². The molecule has 38 heavy (non-hydrogen) atoms. The van der Waals surface area contributed by atoms with Gasteiger partial charge in [-0.15, -0.1) is 9.05 Å². The predicted molar refractivity (Wildman–Crippen MR) is 141 cm³/mol. The number of nitrogens with two attached hydrogens (primary N) is 1. The number of nitrogen functional groups attached to an aromatic ring is 1. The van der Waals surface area contributed by atoms with Gasteiger partial charge in [0.2, 0.25) is 5.60 Å². The van der Waals surface area contributed by atoms with E-state index in [0.717, 1.165) is 18.4 Å². The number of hydrogen-bond donors (Lipinski definition) is 2. The lowest BCUT2D eigenvalue weighted by atomic mass is 9.77. The molecule has 3 aliphatic rings. The quantitative estimate of drug-likeness (QED) is 0.288. The van der Waals surface area contributed by atoms with Gasteiger partial charge in [-0.25, -0.2) is 9.50 Å². The number of hydrogen-bond acceptors (Lipinski definition) is 11. The van der Waals surface area contributed by atoms with Crippen LogP contribution < -0.4 is 5.73 Å². The molecule has 0 radical (unpaired) electrons. The number of nitriles is 1. The van der Waals surface area contributed by atoms with Gasteiger partial charge in [0.25, 0.3) is 0 Å². The standard InChI is InChI=1S/C25H32N5O6PS/c1-14(2)15-8-9-24(5,38)19(10-15)36-37(31)32-11-17-20-21(35-23(3,4)34-20)25(12-26,33-17)18-7-6-16-22(27)28-13-29-30(16)18/h6-7,13,15,17,19-21H,1,8-11H2,2-5H3,(H2-,27,28,29,38)/p+1/t15-,17+,19?,20+,21+,24+,25-/m0/s1. The Kier molecular flexibility index (Phi) is 7.10. The van der Waals surface area contributed by atoms with Gasteiger partial charge in [0.1, 0.15) is 48.9 Å². The van der Waals surface area contributed by atoms with E-state index in [1.807, 2.05) is 13.8 Å². The van der Waals surface area contributed by atoms with Crippen LogP contribution in [0.1, 0.15) is 52.7 Å². The van der Waals surface area contributed by atoms with Crippen molar-refractivity contribution in [2.45, 2.75) is 87.5 Å². The van der Waals surface area contributed by atoms with Gasteiger partial charge in [-0.05, 0) is 65.0 Å². The lowest BCUT2D eigenvalue weighted by Crippen LogP contribution is -2.41. The van der Waals surface area contributed by atoms with Gasteiger partial charge in [-0.2, -0.15) is 23.0 Å². The molecule has 0 aromatic carbocycles. The molecule has 2 N–H and O–H groups in total. The molecule has 2 aromatic heterocycles. The fourth-order valence-corrected chi connectivity index (χ4v) is 6.82. The van der Waals surface area contributed by atoms with E-state index in [-0.39, 0.29) is 24.4 Å². The molecular weight excluding hydrogens is 529 g/mol. The van der Waals surface area contributed by atoms with Crippen LogP contribution >= 0.6 is 20.9 Å². The Labute approximate surface area is 228 Å². The Morgan fingerprint density at radius 2 is 2.13 bits per heavy atom. The molecule has 0 amide bonds. The van der Waals surface area contributed by atoms with Crippen LogP contribution in [0.3, 0.4) is 0 Å². The molecule has 2 saturated heterocycles. The molecule has 8 atom stereocenters. The van der Waals surface area contributed by atoms with Gasteiger partial charge in [-0.1, -0.05) is 12.2 Å². The van der Waals surface area contributed by atoms with Gasteiger partial charge in [0.15, 0.2) is 11.6 Å². The van der Waals surface area contributed by atoms with Crippen molar-refractivity contribution in [1.82, 2.24) is 14.6 Å².